The maximum atomic E-state index is 10.9. The van der Waals surface area contributed by atoms with E-state index in [1.165, 1.54) is 11.3 Å². The number of Topliss-reactive ketones (excluding diaryl/α,β-unsaturated/α-hetero) is 1. The van der Waals surface area contributed by atoms with Gasteiger partial charge in [-0.25, -0.2) is 4.98 Å². The van der Waals surface area contributed by atoms with Crippen molar-refractivity contribution in [1.29, 1.82) is 0 Å². The Morgan fingerprint density at radius 3 is 2.69 bits per heavy atom. The molecule has 82 valence electrons. The first kappa shape index (κ1) is 10.8. The fraction of sp³-hybridized carbons (Fsp3) is 0.167. The van der Waals surface area contributed by atoms with Gasteiger partial charge in [0, 0.05) is 23.1 Å². The Labute approximate surface area is 97.4 Å². The number of aromatic hydroxyl groups is 1. The van der Waals surface area contributed by atoms with E-state index in [2.05, 4.69) is 4.98 Å². The minimum atomic E-state index is 0.140. The van der Waals surface area contributed by atoms with Crippen LogP contribution in [0.25, 0.3) is 10.6 Å². The Hall–Kier alpha value is -1.68. The molecule has 0 spiro atoms. The molecule has 2 rings (SSSR count). The monoisotopic (exact) mass is 233 g/mol. The van der Waals surface area contributed by atoms with Gasteiger partial charge < -0.3 is 5.11 Å². The maximum Gasteiger partial charge on any atom is 0.135 e. The predicted molar refractivity (Wildman–Crippen MR) is 63.6 cm³/mol. The van der Waals surface area contributed by atoms with E-state index in [0.717, 1.165) is 15.4 Å². The molecule has 0 atom stereocenters. The van der Waals surface area contributed by atoms with Crippen molar-refractivity contribution < 1.29 is 9.90 Å². The van der Waals surface area contributed by atoms with E-state index >= 15 is 0 Å². The van der Waals surface area contributed by atoms with E-state index in [9.17, 15) is 4.79 Å². The topological polar surface area (TPSA) is 50.2 Å². The number of phenols is 1. The fourth-order valence-corrected chi connectivity index (χ4v) is 2.36. The standard InChI is InChI=1S/C12H11NO2S/c1-8(14)6-11-7-13-12(16-11)9-2-4-10(15)5-3-9/h2-5,7,15H,6H2,1H3. The van der Waals surface area contributed by atoms with Crippen molar-refractivity contribution >= 4 is 17.1 Å². The zero-order valence-electron chi connectivity index (χ0n) is 8.80. The van der Waals surface area contributed by atoms with Crippen LogP contribution in [0.15, 0.2) is 30.5 Å². The van der Waals surface area contributed by atoms with Gasteiger partial charge in [0.15, 0.2) is 0 Å². The smallest absolute Gasteiger partial charge is 0.135 e. The van der Waals surface area contributed by atoms with Crippen LogP contribution in [0.1, 0.15) is 11.8 Å². The van der Waals surface area contributed by atoms with Gasteiger partial charge in [0.05, 0.1) is 0 Å². The Kier molecular flexibility index (Phi) is 3.01. The van der Waals surface area contributed by atoms with Gasteiger partial charge in [-0.3, -0.25) is 4.79 Å². The van der Waals surface area contributed by atoms with Crippen LogP contribution in [-0.2, 0) is 11.2 Å². The van der Waals surface area contributed by atoms with Gasteiger partial charge >= 0.3 is 0 Å². The summed E-state index contributed by atoms with van der Waals surface area (Å²) in [4.78, 5) is 16.2. The summed E-state index contributed by atoms with van der Waals surface area (Å²) in [6.07, 6.45) is 2.17. The zero-order chi connectivity index (χ0) is 11.5. The summed E-state index contributed by atoms with van der Waals surface area (Å²) in [5.41, 5.74) is 0.956. The highest BCUT2D eigenvalue weighted by atomic mass is 32.1. The third-order valence-corrected chi connectivity index (χ3v) is 3.14. The number of aromatic nitrogens is 1. The lowest BCUT2D eigenvalue weighted by Crippen LogP contribution is -1.92. The Morgan fingerprint density at radius 1 is 1.38 bits per heavy atom. The average molecular weight is 233 g/mol. The van der Waals surface area contributed by atoms with Crippen molar-refractivity contribution in [2.75, 3.05) is 0 Å². The molecule has 0 amide bonds. The van der Waals surface area contributed by atoms with Crippen LogP contribution in [0.4, 0.5) is 0 Å². The van der Waals surface area contributed by atoms with E-state index in [4.69, 9.17) is 5.11 Å². The summed E-state index contributed by atoms with van der Waals surface area (Å²) in [6.45, 7) is 1.57. The van der Waals surface area contributed by atoms with Crippen molar-refractivity contribution in [2.24, 2.45) is 0 Å². The van der Waals surface area contributed by atoms with Crippen molar-refractivity contribution in [1.82, 2.24) is 4.98 Å². The van der Waals surface area contributed by atoms with E-state index in [1.807, 2.05) is 12.1 Å². The van der Waals surface area contributed by atoms with Crippen LogP contribution in [0.3, 0.4) is 0 Å². The van der Waals surface area contributed by atoms with Gasteiger partial charge in [-0.1, -0.05) is 0 Å². The quantitative estimate of drug-likeness (QED) is 0.886. The van der Waals surface area contributed by atoms with Crippen LogP contribution in [0, 0.1) is 0 Å². The largest absolute Gasteiger partial charge is 0.508 e. The molecule has 0 unspecified atom stereocenters. The summed E-state index contributed by atoms with van der Waals surface area (Å²) in [7, 11) is 0. The summed E-state index contributed by atoms with van der Waals surface area (Å²) < 4.78 is 0. The van der Waals surface area contributed by atoms with Crippen LogP contribution >= 0.6 is 11.3 Å². The molecule has 1 N–H and O–H groups in total. The van der Waals surface area contributed by atoms with Crippen LogP contribution in [-0.4, -0.2) is 15.9 Å². The van der Waals surface area contributed by atoms with Gasteiger partial charge in [0.1, 0.15) is 16.5 Å². The number of carbonyl (C=O) groups excluding carboxylic acids is 1. The molecule has 16 heavy (non-hydrogen) atoms. The molecule has 0 bridgehead atoms. The van der Waals surface area contributed by atoms with E-state index in [-0.39, 0.29) is 11.5 Å². The number of hydrogen-bond donors (Lipinski definition) is 1. The number of rotatable bonds is 3. The molecule has 0 fully saturated rings. The SMILES string of the molecule is CC(=O)Cc1cnc(-c2ccc(O)cc2)s1. The predicted octanol–water partition coefficient (Wildman–Crippen LogP) is 2.65. The highest BCUT2D eigenvalue weighted by molar-refractivity contribution is 7.15. The number of ketones is 1. The molecule has 0 saturated heterocycles. The summed E-state index contributed by atoms with van der Waals surface area (Å²) in [5.74, 6) is 0.380. The second kappa shape index (κ2) is 4.45. The third-order valence-electron chi connectivity index (χ3n) is 2.09. The fourth-order valence-electron chi connectivity index (χ4n) is 1.37. The lowest BCUT2D eigenvalue weighted by Gasteiger charge is -1.95. The number of carbonyl (C=O) groups is 1. The van der Waals surface area contributed by atoms with Gasteiger partial charge in [-0.2, -0.15) is 0 Å². The van der Waals surface area contributed by atoms with Crippen molar-refractivity contribution in [3.63, 3.8) is 0 Å². The lowest BCUT2D eigenvalue weighted by atomic mass is 10.2. The first-order chi connectivity index (χ1) is 7.65. The number of benzene rings is 1. The Morgan fingerprint density at radius 2 is 2.06 bits per heavy atom. The number of hydrogen-bond acceptors (Lipinski definition) is 4. The van der Waals surface area contributed by atoms with Crippen molar-refractivity contribution in [2.45, 2.75) is 13.3 Å². The molecule has 1 heterocycles. The van der Waals surface area contributed by atoms with E-state index < -0.39 is 0 Å². The molecule has 1 aromatic heterocycles. The molecule has 0 aliphatic heterocycles. The summed E-state index contributed by atoms with van der Waals surface area (Å²) >= 11 is 1.51. The van der Waals surface area contributed by atoms with Gasteiger partial charge in [-0.05, 0) is 31.2 Å². The average Bonchev–Trinajstić information content (AvgIpc) is 2.66. The first-order valence-corrected chi connectivity index (χ1v) is 5.70. The lowest BCUT2D eigenvalue weighted by molar-refractivity contribution is -0.116. The summed E-state index contributed by atoms with van der Waals surface area (Å²) in [6, 6.07) is 6.88. The molecule has 1 aromatic carbocycles. The van der Waals surface area contributed by atoms with Crippen LogP contribution in [0.2, 0.25) is 0 Å². The van der Waals surface area contributed by atoms with Gasteiger partial charge in [0.2, 0.25) is 0 Å². The van der Waals surface area contributed by atoms with E-state index in [1.54, 1.807) is 25.3 Å². The molecule has 3 nitrogen and oxygen atoms in total. The zero-order valence-corrected chi connectivity index (χ0v) is 9.62. The van der Waals surface area contributed by atoms with Gasteiger partial charge in [-0.15, -0.1) is 11.3 Å². The third kappa shape index (κ3) is 2.46. The highest BCUT2D eigenvalue weighted by Gasteiger charge is 2.06. The highest BCUT2D eigenvalue weighted by Crippen LogP contribution is 2.26. The molecular formula is C12H11NO2S. The normalized spacial score (nSPS) is 10.3. The molecule has 0 saturated carbocycles. The Bertz CT molecular complexity index is 502. The molecule has 0 aliphatic carbocycles. The molecule has 2 aromatic rings. The molecule has 0 aliphatic rings. The molecule has 0 radical (unpaired) electrons. The number of nitrogens with zero attached hydrogens (tertiary/aromatic N) is 1. The Balaban J connectivity index is 2.24. The second-order valence-electron chi connectivity index (χ2n) is 3.56. The molecular weight excluding hydrogens is 222 g/mol. The van der Waals surface area contributed by atoms with Crippen molar-refractivity contribution in [3.05, 3.63) is 35.3 Å². The minimum absolute atomic E-state index is 0.140. The van der Waals surface area contributed by atoms with Crippen LogP contribution in [0.5, 0.6) is 5.75 Å². The number of thiazole rings is 1. The van der Waals surface area contributed by atoms with Crippen LogP contribution < -0.4 is 0 Å². The van der Waals surface area contributed by atoms with Gasteiger partial charge in [0.25, 0.3) is 0 Å². The first-order valence-electron chi connectivity index (χ1n) is 4.88. The second-order valence-corrected chi connectivity index (χ2v) is 4.67. The number of phenolic OH excluding ortho intramolecular Hbond substituents is 1. The van der Waals surface area contributed by atoms with Crippen molar-refractivity contribution in [3.8, 4) is 16.3 Å². The summed E-state index contributed by atoms with van der Waals surface area (Å²) in [5, 5.41) is 10.0. The minimum Gasteiger partial charge on any atom is -0.508 e. The maximum absolute atomic E-state index is 10.9. The van der Waals surface area contributed by atoms with E-state index in [0.29, 0.717) is 6.42 Å². The molecule has 4 heteroatoms.